The highest BCUT2D eigenvalue weighted by molar-refractivity contribution is 5.91. The Bertz CT molecular complexity index is 413. The van der Waals surface area contributed by atoms with E-state index < -0.39 is 0 Å². The van der Waals surface area contributed by atoms with E-state index in [4.69, 9.17) is 0 Å². The first-order chi connectivity index (χ1) is 8.70. The van der Waals surface area contributed by atoms with Crippen molar-refractivity contribution in [1.82, 2.24) is 15.1 Å². The summed E-state index contributed by atoms with van der Waals surface area (Å²) in [6.07, 6.45) is 6.38. The Balaban J connectivity index is 0.00000180. The second kappa shape index (κ2) is 7.50. The molecule has 0 spiro atoms. The normalized spacial score (nSPS) is 15.9. The van der Waals surface area contributed by atoms with Crippen molar-refractivity contribution in [2.24, 2.45) is 7.05 Å². The smallest absolute Gasteiger partial charge is 0.239 e. The molecule has 0 unspecified atom stereocenters. The fraction of sp³-hybridized carbons (Fsp3) is 0.692. The Kier molecular flexibility index (Phi) is 6.31. The molecule has 0 aliphatic heterocycles. The highest BCUT2D eigenvalue weighted by atomic mass is 35.5. The molecule has 1 fully saturated rings. The summed E-state index contributed by atoms with van der Waals surface area (Å²) < 4.78 is 1.76. The van der Waals surface area contributed by atoms with Gasteiger partial charge in [-0.1, -0.05) is 19.3 Å². The van der Waals surface area contributed by atoms with E-state index in [0.29, 0.717) is 12.5 Å². The molecule has 1 aliphatic carbocycles. The van der Waals surface area contributed by atoms with Crippen molar-refractivity contribution >= 4 is 24.1 Å². The summed E-state index contributed by atoms with van der Waals surface area (Å²) in [6.45, 7) is 0.323. The van der Waals surface area contributed by atoms with Crippen molar-refractivity contribution in [1.29, 1.82) is 0 Å². The van der Waals surface area contributed by atoms with Gasteiger partial charge in [0.15, 0.2) is 0 Å². The molecule has 0 radical (unpaired) electrons. The number of anilines is 1. The number of aryl methyl sites for hydroxylation is 1. The summed E-state index contributed by atoms with van der Waals surface area (Å²) in [5.41, 5.74) is 1.12. The number of carbonyl (C=O) groups excluding carboxylic acids is 1. The molecule has 1 amide bonds. The zero-order valence-electron chi connectivity index (χ0n) is 11.6. The number of aromatic nitrogens is 2. The molecule has 0 atom stereocenters. The standard InChI is InChI=1S/C13H22N4O.ClH/c1-14-9-13(18)15-12-8-11(16-17(12)2)10-6-4-3-5-7-10;/h8,10,14H,3-7,9H2,1-2H3,(H,15,18);1H. The average Bonchev–Trinajstić information content (AvgIpc) is 2.72. The minimum absolute atomic E-state index is 0. The van der Waals surface area contributed by atoms with E-state index in [-0.39, 0.29) is 18.3 Å². The van der Waals surface area contributed by atoms with Gasteiger partial charge in [-0.3, -0.25) is 9.48 Å². The van der Waals surface area contributed by atoms with E-state index in [9.17, 15) is 4.79 Å². The van der Waals surface area contributed by atoms with Gasteiger partial charge in [0.1, 0.15) is 5.82 Å². The van der Waals surface area contributed by atoms with Gasteiger partial charge in [-0.2, -0.15) is 5.10 Å². The van der Waals surface area contributed by atoms with E-state index in [1.165, 1.54) is 32.1 Å². The van der Waals surface area contributed by atoms with Gasteiger partial charge in [-0.25, -0.2) is 0 Å². The molecule has 1 heterocycles. The third-order valence-corrected chi connectivity index (χ3v) is 3.53. The third kappa shape index (κ3) is 4.21. The third-order valence-electron chi connectivity index (χ3n) is 3.53. The SMILES string of the molecule is CNCC(=O)Nc1cc(C2CCCCC2)nn1C.Cl. The number of rotatable bonds is 4. The van der Waals surface area contributed by atoms with Crippen LogP contribution in [-0.2, 0) is 11.8 Å². The van der Waals surface area contributed by atoms with Gasteiger partial charge in [-0.05, 0) is 19.9 Å². The Labute approximate surface area is 120 Å². The molecule has 1 aliphatic rings. The van der Waals surface area contributed by atoms with E-state index in [1.54, 1.807) is 11.7 Å². The summed E-state index contributed by atoms with van der Waals surface area (Å²) in [6, 6.07) is 2.02. The van der Waals surface area contributed by atoms with E-state index in [1.807, 2.05) is 13.1 Å². The Morgan fingerprint density at radius 3 is 2.74 bits per heavy atom. The maximum atomic E-state index is 11.5. The zero-order valence-corrected chi connectivity index (χ0v) is 12.4. The molecule has 6 heteroatoms. The Morgan fingerprint density at radius 1 is 1.42 bits per heavy atom. The van der Waals surface area contributed by atoms with Crippen molar-refractivity contribution < 1.29 is 4.79 Å². The maximum absolute atomic E-state index is 11.5. The molecule has 19 heavy (non-hydrogen) atoms. The fourth-order valence-electron chi connectivity index (χ4n) is 2.55. The first kappa shape index (κ1) is 16.0. The second-order valence-electron chi connectivity index (χ2n) is 4.99. The van der Waals surface area contributed by atoms with Gasteiger partial charge < -0.3 is 10.6 Å². The lowest BCUT2D eigenvalue weighted by atomic mass is 9.87. The van der Waals surface area contributed by atoms with Crippen LogP contribution in [-0.4, -0.2) is 29.3 Å². The molecule has 0 aromatic carbocycles. The molecule has 1 aromatic rings. The fourth-order valence-corrected chi connectivity index (χ4v) is 2.55. The highest BCUT2D eigenvalue weighted by Crippen LogP contribution is 2.32. The molecule has 1 aromatic heterocycles. The topological polar surface area (TPSA) is 59.0 Å². The molecule has 0 saturated heterocycles. The predicted octanol–water partition coefficient (Wildman–Crippen LogP) is 2.05. The van der Waals surface area contributed by atoms with Crippen molar-refractivity contribution in [3.8, 4) is 0 Å². The van der Waals surface area contributed by atoms with E-state index >= 15 is 0 Å². The summed E-state index contributed by atoms with van der Waals surface area (Å²) in [4.78, 5) is 11.5. The highest BCUT2D eigenvalue weighted by Gasteiger charge is 2.19. The Hall–Kier alpha value is -1.07. The van der Waals surface area contributed by atoms with Gasteiger partial charge in [0.25, 0.3) is 0 Å². The lowest BCUT2D eigenvalue weighted by Crippen LogP contribution is -2.25. The number of amides is 1. The van der Waals surface area contributed by atoms with Gasteiger partial charge >= 0.3 is 0 Å². The molecule has 1 saturated carbocycles. The lowest BCUT2D eigenvalue weighted by molar-refractivity contribution is -0.115. The van der Waals surface area contributed by atoms with Crippen LogP contribution in [0.4, 0.5) is 5.82 Å². The van der Waals surface area contributed by atoms with Crippen LogP contribution in [0.15, 0.2) is 6.07 Å². The van der Waals surface area contributed by atoms with Crippen LogP contribution in [0.25, 0.3) is 0 Å². The second-order valence-corrected chi connectivity index (χ2v) is 4.99. The zero-order chi connectivity index (χ0) is 13.0. The molecule has 5 nitrogen and oxygen atoms in total. The molecule has 2 N–H and O–H groups in total. The quantitative estimate of drug-likeness (QED) is 0.891. The van der Waals surface area contributed by atoms with Crippen molar-refractivity contribution in [3.05, 3.63) is 11.8 Å². The van der Waals surface area contributed by atoms with Crippen LogP contribution in [0.3, 0.4) is 0 Å². The first-order valence-electron chi connectivity index (χ1n) is 6.69. The van der Waals surface area contributed by atoms with E-state index in [0.717, 1.165) is 11.5 Å². The molecular weight excluding hydrogens is 264 g/mol. The molecular formula is C13H23ClN4O. The van der Waals surface area contributed by atoms with Crippen molar-refractivity contribution in [2.75, 3.05) is 18.9 Å². The van der Waals surface area contributed by atoms with Crippen LogP contribution in [0.5, 0.6) is 0 Å². The van der Waals surface area contributed by atoms with Gasteiger partial charge in [0.2, 0.25) is 5.91 Å². The minimum atomic E-state index is -0.0318. The van der Waals surface area contributed by atoms with E-state index in [2.05, 4.69) is 15.7 Å². The number of hydrogen-bond acceptors (Lipinski definition) is 3. The summed E-state index contributed by atoms with van der Waals surface area (Å²) in [5.74, 6) is 1.33. The molecule has 108 valence electrons. The lowest BCUT2D eigenvalue weighted by Gasteiger charge is -2.19. The minimum Gasteiger partial charge on any atom is -0.311 e. The summed E-state index contributed by atoms with van der Waals surface area (Å²) >= 11 is 0. The Morgan fingerprint density at radius 2 is 2.11 bits per heavy atom. The van der Waals surface area contributed by atoms with Crippen molar-refractivity contribution in [3.63, 3.8) is 0 Å². The number of halogens is 1. The number of likely N-dealkylation sites (N-methyl/N-ethyl adjacent to an activating group) is 1. The molecule has 2 rings (SSSR count). The van der Waals surface area contributed by atoms with Crippen LogP contribution in [0.1, 0.15) is 43.7 Å². The maximum Gasteiger partial charge on any atom is 0.239 e. The molecule has 0 bridgehead atoms. The number of carbonyl (C=O) groups is 1. The van der Waals surface area contributed by atoms with Crippen LogP contribution < -0.4 is 10.6 Å². The van der Waals surface area contributed by atoms with Gasteiger partial charge in [0, 0.05) is 19.0 Å². The summed E-state index contributed by atoms with van der Waals surface area (Å²) in [5, 5.41) is 10.2. The van der Waals surface area contributed by atoms with Crippen molar-refractivity contribution in [2.45, 2.75) is 38.0 Å². The number of nitrogens with one attached hydrogen (secondary N) is 2. The number of hydrogen-bond donors (Lipinski definition) is 2. The largest absolute Gasteiger partial charge is 0.311 e. The van der Waals surface area contributed by atoms with Crippen LogP contribution in [0, 0.1) is 0 Å². The predicted molar refractivity (Wildman–Crippen MR) is 78.8 cm³/mol. The first-order valence-corrected chi connectivity index (χ1v) is 6.69. The van der Waals surface area contributed by atoms with Gasteiger partial charge in [0.05, 0.1) is 12.2 Å². The monoisotopic (exact) mass is 286 g/mol. The van der Waals surface area contributed by atoms with Crippen LogP contribution in [0.2, 0.25) is 0 Å². The van der Waals surface area contributed by atoms with Crippen LogP contribution >= 0.6 is 12.4 Å². The summed E-state index contributed by atoms with van der Waals surface area (Å²) in [7, 11) is 3.64. The number of nitrogens with zero attached hydrogens (tertiary/aromatic N) is 2. The van der Waals surface area contributed by atoms with Gasteiger partial charge in [-0.15, -0.1) is 12.4 Å². The average molecular weight is 287 g/mol.